The number of aryl methyl sites for hydroxylation is 2. The average molecular weight is 529 g/mol. The van der Waals surface area contributed by atoms with E-state index in [4.69, 9.17) is 4.74 Å². The van der Waals surface area contributed by atoms with Crippen LogP contribution in [0.25, 0.3) is 0 Å². The summed E-state index contributed by atoms with van der Waals surface area (Å²) in [6, 6.07) is 9.75. The molecule has 3 heterocycles. The largest absolute Gasteiger partial charge is 0.481 e. The van der Waals surface area contributed by atoms with Crippen molar-refractivity contribution < 1.29 is 27.8 Å². The molecule has 0 saturated heterocycles. The second-order valence-corrected chi connectivity index (χ2v) is 10.3. The van der Waals surface area contributed by atoms with Crippen LogP contribution in [-0.2, 0) is 36.5 Å². The van der Waals surface area contributed by atoms with Crippen LogP contribution in [0.4, 0.5) is 19.0 Å². The smallest absolute Gasteiger partial charge is 0.303 e. The van der Waals surface area contributed by atoms with Crippen molar-refractivity contribution in [1.82, 2.24) is 14.8 Å². The molecule has 2 aliphatic rings. The summed E-state index contributed by atoms with van der Waals surface area (Å²) in [7, 11) is 1.73. The fraction of sp³-hybridized carbons (Fsp3) is 0.464. The first-order chi connectivity index (χ1) is 18.2. The number of ether oxygens (including phenoxy) is 1. The molecule has 2 aromatic heterocycles. The standard InChI is InChI=1S/C28H31F3N4O3/c1-35-24(38-10-6-22-5-4-17-3-2-9-32-26(17)33-22)16-23(34-35)13-19(14-25(36)37)18-11-20(15-21(29)12-18)28(7-8-28)27(30)31/h4-5,11-12,15-16,19,27H,2-3,6-10,13-14H2,1H3,(H,32,33)(H,36,37)/t19-/m0/s1. The lowest BCUT2D eigenvalue weighted by molar-refractivity contribution is -0.137. The zero-order valence-electron chi connectivity index (χ0n) is 21.2. The van der Waals surface area contributed by atoms with Gasteiger partial charge in [-0.25, -0.2) is 22.8 Å². The summed E-state index contributed by atoms with van der Waals surface area (Å²) in [6.07, 6.45) is 0.626. The molecule has 1 aliphatic heterocycles. The molecule has 10 heteroatoms. The number of alkyl halides is 2. The Morgan fingerprint density at radius 1 is 1.21 bits per heavy atom. The molecule has 0 radical (unpaired) electrons. The summed E-state index contributed by atoms with van der Waals surface area (Å²) in [5.74, 6) is -0.890. The van der Waals surface area contributed by atoms with E-state index in [9.17, 15) is 23.1 Å². The van der Waals surface area contributed by atoms with Crippen molar-refractivity contribution in [3.63, 3.8) is 0 Å². The SMILES string of the molecule is Cn1nc(C[C@@H](CC(=O)O)c2cc(F)cc(C3(C(F)F)CC3)c2)cc1OCCc1ccc2c(n1)NCCC2. The number of carboxylic acid groups (broad SMARTS) is 1. The summed E-state index contributed by atoms with van der Waals surface area (Å²) < 4.78 is 49.3. The van der Waals surface area contributed by atoms with Crippen LogP contribution in [0.1, 0.15) is 59.7 Å². The number of pyridine rings is 1. The van der Waals surface area contributed by atoms with E-state index in [0.717, 1.165) is 37.0 Å². The minimum Gasteiger partial charge on any atom is -0.481 e. The lowest BCUT2D eigenvalue weighted by Gasteiger charge is -2.19. The van der Waals surface area contributed by atoms with Gasteiger partial charge in [0.25, 0.3) is 0 Å². The molecule has 2 N–H and O–H groups in total. The van der Waals surface area contributed by atoms with Crippen LogP contribution in [0.2, 0.25) is 0 Å². The molecule has 5 rings (SSSR count). The molecule has 3 aromatic rings. The van der Waals surface area contributed by atoms with Crippen molar-refractivity contribution in [2.45, 2.75) is 62.7 Å². The number of anilines is 1. The lowest BCUT2D eigenvalue weighted by Crippen LogP contribution is -2.19. The lowest BCUT2D eigenvalue weighted by atomic mass is 9.87. The predicted molar refractivity (Wildman–Crippen MR) is 135 cm³/mol. The molecule has 202 valence electrons. The number of hydrogen-bond donors (Lipinski definition) is 2. The number of rotatable bonds is 11. The first-order valence-electron chi connectivity index (χ1n) is 12.9. The van der Waals surface area contributed by atoms with Gasteiger partial charge in [0, 0.05) is 37.7 Å². The van der Waals surface area contributed by atoms with Crippen LogP contribution in [0, 0.1) is 5.82 Å². The fourth-order valence-corrected chi connectivity index (χ4v) is 5.18. The highest BCUT2D eigenvalue weighted by atomic mass is 19.3. The van der Waals surface area contributed by atoms with Crippen LogP contribution in [0.5, 0.6) is 5.88 Å². The van der Waals surface area contributed by atoms with Gasteiger partial charge in [0.2, 0.25) is 12.3 Å². The summed E-state index contributed by atoms with van der Waals surface area (Å²) in [6.45, 7) is 1.30. The van der Waals surface area contributed by atoms with Gasteiger partial charge in [0.05, 0.1) is 24.1 Å². The van der Waals surface area contributed by atoms with Crippen LogP contribution in [0.3, 0.4) is 0 Å². The maximum Gasteiger partial charge on any atom is 0.303 e. The number of nitrogens with one attached hydrogen (secondary N) is 1. The van der Waals surface area contributed by atoms with Crippen molar-refractivity contribution in [3.05, 3.63) is 70.3 Å². The van der Waals surface area contributed by atoms with E-state index in [1.165, 1.54) is 17.7 Å². The van der Waals surface area contributed by atoms with E-state index >= 15 is 0 Å². The Morgan fingerprint density at radius 3 is 2.76 bits per heavy atom. The van der Waals surface area contributed by atoms with Gasteiger partial charge in [0.1, 0.15) is 11.6 Å². The zero-order valence-corrected chi connectivity index (χ0v) is 21.2. The minimum absolute atomic E-state index is 0.201. The molecule has 0 bridgehead atoms. The van der Waals surface area contributed by atoms with Gasteiger partial charge < -0.3 is 15.2 Å². The number of carbonyl (C=O) groups is 1. The van der Waals surface area contributed by atoms with E-state index in [1.807, 2.05) is 6.07 Å². The highest BCUT2D eigenvalue weighted by Crippen LogP contribution is 2.53. The molecule has 7 nitrogen and oxygen atoms in total. The number of fused-ring (bicyclic) bond motifs is 1. The number of halogens is 3. The second-order valence-electron chi connectivity index (χ2n) is 10.3. The van der Waals surface area contributed by atoms with Gasteiger partial charge in [-0.05, 0) is 67.0 Å². The second kappa shape index (κ2) is 10.7. The van der Waals surface area contributed by atoms with Crippen molar-refractivity contribution in [2.24, 2.45) is 7.05 Å². The van der Waals surface area contributed by atoms with Crippen molar-refractivity contribution in [3.8, 4) is 5.88 Å². The summed E-state index contributed by atoms with van der Waals surface area (Å²) >= 11 is 0. The predicted octanol–water partition coefficient (Wildman–Crippen LogP) is 5.03. The van der Waals surface area contributed by atoms with E-state index < -0.39 is 29.5 Å². The van der Waals surface area contributed by atoms with E-state index in [2.05, 4.69) is 21.5 Å². The normalized spacial score (nSPS) is 16.6. The Hall–Kier alpha value is -3.56. The van der Waals surface area contributed by atoms with Crippen molar-refractivity contribution in [1.29, 1.82) is 0 Å². The molecule has 0 spiro atoms. The summed E-state index contributed by atoms with van der Waals surface area (Å²) in [4.78, 5) is 16.3. The average Bonchev–Trinajstić information content (AvgIpc) is 3.63. The number of carboxylic acids is 1. The third-order valence-corrected chi connectivity index (χ3v) is 7.50. The Labute approximate surface area is 219 Å². The Balaban J connectivity index is 1.28. The van der Waals surface area contributed by atoms with Gasteiger partial charge in [-0.15, -0.1) is 0 Å². The van der Waals surface area contributed by atoms with Crippen molar-refractivity contribution in [2.75, 3.05) is 18.5 Å². The maximum absolute atomic E-state index is 14.5. The Kier molecular flexibility index (Phi) is 7.32. The molecule has 0 unspecified atom stereocenters. The maximum atomic E-state index is 14.5. The molecular formula is C28H31F3N4O3. The molecule has 1 fully saturated rings. The number of aliphatic carboxylic acids is 1. The van der Waals surface area contributed by atoms with Gasteiger partial charge in [0.15, 0.2) is 0 Å². The monoisotopic (exact) mass is 528 g/mol. The van der Waals surface area contributed by atoms with Crippen LogP contribution < -0.4 is 10.1 Å². The third-order valence-electron chi connectivity index (χ3n) is 7.50. The quantitative estimate of drug-likeness (QED) is 0.363. The topological polar surface area (TPSA) is 89.3 Å². The van der Waals surface area contributed by atoms with Gasteiger partial charge >= 0.3 is 5.97 Å². The molecule has 38 heavy (non-hydrogen) atoms. The zero-order chi connectivity index (χ0) is 26.9. The highest BCUT2D eigenvalue weighted by Gasteiger charge is 2.52. The first kappa shape index (κ1) is 26.1. The Morgan fingerprint density at radius 2 is 2.03 bits per heavy atom. The van der Waals surface area contributed by atoms with E-state index in [-0.39, 0.29) is 31.2 Å². The molecule has 1 saturated carbocycles. The van der Waals surface area contributed by atoms with E-state index in [0.29, 0.717) is 30.2 Å². The Bertz CT molecular complexity index is 1320. The number of benzene rings is 1. The molecular weight excluding hydrogens is 497 g/mol. The summed E-state index contributed by atoms with van der Waals surface area (Å²) in [5.41, 5.74) is 2.00. The van der Waals surface area contributed by atoms with E-state index in [1.54, 1.807) is 17.8 Å². The molecule has 0 amide bonds. The number of hydrogen-bond acceptors (Lipinski definition) is 5. The molecule has 1 aliphatic carbocycles. The third kappa shape index (κ3) is 5.63. The van der Waals surface area contributed by atoms with Crippen LogP contribution >= 0.6 is 0 Å². The highest BCUT2D eigenvalue weighted by molar-refractivity contribution is 5.68. The van der Waals surface area contributed by atoms with Gasteiger partial charge in [-0.2, -0.15) is 5.10 Å². The fourth-order valence-electron chi connectivity index (χ4n) is 5.18. The molecule has 1 atom stereocenters. The first-order valence-corrected chi connectivity index (χ1v) is 12.9. The number of aromatic nitrogens is 3. The summed E-state index contributed by atoms with van der Waals surface area (Å²) in [5, 5.41) is 17.3. The number of nitrogens with zero attached hydrogens (tertiary/aromatic N) is 3. The minimum atomic E-state index is -2.60. The van der Waals surface area contributed by atoms with Crippen molar-refractivity contribution >= 4 is 11.8 Å². The van der Waals surface area contributed by atoms with Gasteiger partial charge in [-0.3, -0.25) is 4.79 Å². The molecule has 1 aromatic carbocycles. The van der Waals surface area contributed by atoms with Gasteiger partial charge in [-0.1, -0.05) is 12.1 Å². The van der Waals surface area contributed by atoms with Crippen LogP contribution in [-0.4, -0.2) is 45.4 Å². The van der Waals surface area contributed by atoms with Crippen LogP contribution in [0.15, 0.2) is 36.4 Å².